The normalized spacial score (nSPS) is 22.0. The van der Waals surface area contributed by atoms with Gasteiger partial charge in [0.15, 0.2) is 6.67 Å². The number of hydrogen-bond acceptors (Lipinski definition) is 2. The average Bonchev–Trinajstić information content (AvgIpc) is 2.89. The smallest absolute Gasteiger partial charge is 0.343 e. The summed E-state index contributed by atoms with van der Waals surface area (Å²) in [7, 11) is 0. The third kappa shape index (κ3) is 9.15. The lowest BCUT2D eigenvalue weighted by Crippen LogP contribution is -2.37. The standard InChI is InChI=1S/C30H42F6O2/c1-5-10-24-14-16-25(17-15-24)22(3)20-38-29(37-6-2,23(4)11-7-8-18-28(32,33)21-31)26-12-9-13-27(19-26)30(34,35)36/h7-9,11-13,19,22,24-25H,5-6,10,14-18,20-21H2,1-4H3/b8-7-,23-11+. The lowest BCUT2D eigenvalue weighted by atomic mass is 9.75. The molecule has 0 amide bonds. The molecular formula is C30H42F6O2. The summed E-state index contributed by atoms with van der Waals surface area (Å²) in [6, 6.07) is 4.81. The van der Waals surface area contributed by atoms with Crippen LogP contribution in [0.15, 0.2) is 48.1 Å². The first kappa shape index (κ1) is 32.4. The highest BCUT2D eigenvalue weighted by molar-refractivity contribution is 5.35. The Morgan fingerprint density at radius 1 is 1.03 bits per heavy atom. The van der Waals surface area contributed by atoms with Crippen molar-refractivity contribution in [3.63, 3.8) is 0 Å². The molecule has 1 saturated carbocycles. The lowest BCUT2D eigenvalue weighted by molar-refractivity contribution is -0.226. The van der Waals surface area contributed by atoms with Gasteiger partial charge in [-0.15, -0.1) is 0 Å². The summed E-state index contributed by atoms with van der Waals surface area (Å²) in [5.41, 5.74) is -0.266. The van der Waals surface area contributed by atoms with E-state index in [1.807, 2.05) is 0 Å². The van der Waals surface area contributed by atoms with Crippen LogP contribution in [-0.2, 0) is 21.4 Å². The fourth-order valence-corrected chi connectivity index (χ4v) is 5.22. The highest BCUT2D eigenvalue weighted by atomic mass is 19.4. The molecule has 2 atom stereocenters. The molecule has 38 heavy (non-hydrogen) atoms. The van der Waals surface area contributed by atoms with Crippen LogP contribution >= 0.6 is 0 Å². The van der Waals surface area contributed by atoms with E-state index in [4.69, 9.17) is 9.47 Å². The van der Waals surface area contributed by atoms with Crippen molar-refractivity contribution in [3.8, 4) is 0 Å². The van der Waals surface area contributed by atoms with Gasteiger partial charge in [-0.25, -0.2) is 13.2 Å². The Morgan fingerprint density at radius 2 is 1.68 bits per heavy atom. The van der Waals surface area contributed by atoms with Gasteiger partial charge in [-0.1, -0.05) is 69.9 Å². The summed E-state index contributed by atoms with van der Waals surface area (Å²) in [5.74, 6) is -3.78. The van der Waals surface area contributed by atoms with Crippen molar-refractivity contribution in [1.82, 2.24) is 0 Å². The molecule has 0 aromatic heterocycles. The quantitative estimate of drug-likeness (QED) is 0.131. The average molecular weight is 549 g/mol. The lowest BCUT2D eigenvalue weighted by Gasteiger charge is -2.38. The van der Waals surface area contributed by atoms with Crippen molar-refractivity contribution in [2.75, 3.05) is 19.9 Å². The zero-order chi connectivity index (χ0) is 28.4. The molecule has 1 aliphatic rings. The molecule has 1 aromatic rings. The predicted octanol–water partition coefficient (Wildman–Crippen LogP) is 9.65. The van der Waals surface area contributed by atoms with Gasteiger partial charge in [0, 0.05) is 18.6 Å². The van der Waals surface area contributed by atoms with E-state index in [9.17, 15) is 26.3 Å². The van der Waals surface area contributed by atoms with E-state index in [1.165, 1.54) is 50.0 Å². The number of alkyl halides is 6. The Hall–Kier alpha value is -1.80. The fourth-order valence-electron chi connectivity index (χ4n) is 5.22. The van der Waals surface area contributed by atoms with Crippen molar-refractivity contribution in [3.05, 3.63) is 59.2 Å². The molecule has 2 nitrogen and oxygen atoms in total. The van der Waals surface area contributed by atoms with E-state index in [0.717, 1.165) is 37.0 Å². The SMILES string of the molecule is CCCC1CCC(C(C)COC(OCC)(/C(C)=C/C=C\CC(F)(F)CF)c2cccc(C(F)(F)F)c2)CC1. The Kier molecular flexibility index (Phi) is 12.4. The maximum absolute atomic E-state index is 13.6. The maximum atomic E-state index is 13.6. The molecule has 0 spiro atoms. The first-order valence-electron chi connectivity index (χ1n) is 13.6. The minimum atomic E-state index is -4.56. The Morgan fingerprint density at radius 3 is 2.26 bits per heavy atom. The van der Waals surface area contributed by atoms with Crippen LogP contribution in [0, 0.1) is 17.8 Å². The minimum absolute atomic E-state index is 0.140. The second-order valence-electron chi connectivity index (χ2n) is 10.5. The first-order chi connectivity index (χ1) is 17.9. The summed E-state index contributed by atoms with van der Waals surface area (Å²) in [6.45, 7) is 6.26. The van der Waals surface area contributed by atoms with Crippen molar-refractivity contribution in [2.45, 2.75) is 90.5 Å². The van der Waals surface area contributed by atoms with Gasteiger partial charge in [0.05, 0.1) is 12.2 Å². The molecule has 2 rings (SSSR count). The molecule has 216 valence electrons. The van der Waals surface area contributed by atoms with Gasteiger partial charge >= 0.3 is 6.18 Å². The number of benzene rings is 1. The summed E-state index contributed by atoms with van der Waals surface area (Å²) in [6.07, 6.45) is 5.49. The highest BCUT2D eigenvalue weighted by Gasteiger charge is 2.40. The zero-order valence-corrected chi connectivity index (χ0v) is 22.9. The Labute approximate surface area is 223 Å². The van der Waals surface area contributed by atoms with E-state index in [-0.39, 0.29) is 24.7 Å². The molecule has 0 aliphatic heterocycles. The second kappa shape index (κ2) is 14.5. The van der Waals surface area contributed by atoms with Crippen LogP contribution in [0.4, 0.5) is 26.3 Å². The van der Waals surface area contributed by atoms with Crippen LogP contribution in [0.5, 0.6) is 0 Å². The predicted molar refractivity (Wildman–Crippen MR) is 139 cm³/mol. The van der Waals surface area contributed by atoms with E-state index < -0.39 is 36.5 Å². The number of allylic oxidation sites excluding steroid dienone is 3. The van der Waals surface area contributed by atoms with Crippen LogP contribution < -0.4 is 0 Å². The number of halogens is 6. The highest BCUT2D eigenvalue weighted by Crippen LogP contribution is 2.41. The first-order valence-corrected chi connectivity index (χ1v) is 13.6. The Balaban J connectivity index is 2.36. The largest absolute Gasteiger partial charge is 0.416 e. The van der Waals surface area contributed by atoms with E-state index >= 15 is 0 Å². The molecule has 1 aliphatic carbocycles. The van der Waals surface area contributed by atoms with Gasteiger partial charge in [0.1, 0.15) is 0 Å². The zero-order valence-electron chi connectivity index (χ0n) is 22.9. The van der Waals surface area contributed by atoms with E-state index in [0.29, 0.717) is 11.5 Å². The molecule has 1 aromatic carbocycles. The van der Waals surface area contributed by atoms with Gasteiger partial charge in [0.25, 0.3) is 5.92 Å². The summed E-state index contributed by atoms with van der Waals surface area (Å²) in [5, 5.41) is 0. The fraction of sp³-hybridized carbons (Fsp3) is 0.667. The monoisotopic (exact) mass is 548 g/mol. The number of hydrogen-bond donors (Lipinski definition) is 0. The molecule has 0 bridgehead atoms. The third-order valence-corrected chi connectivity index (χ3v) is 7.47. The van der Waals surface area contributed by atoms with E-state index in [2.05, 4.69) is 13.8 Å². The van der Waals surface area contributed by atoms with Crippen molar-refractivity contribution < 1.29 is 35.8 Å². The number of rotatable bonds is 14. The van der Waals surface area contributed by atoms with Crippen LogP contribution in [-0.4, -0.2) is 25.8 Å². The molecule has 0 radical (unpaired) electrons. The van der Waals surface area contributed by atoms with Gasteiger partial charge in [-0.3, -0.25) is 0 Å². The molecule has 8 heteroatoms. The van der Waals surface area contributed by atoms with Gasteiger partial charge in [-0.2, -0.15) is 13.2 Å². The van der Waals surface area contributed by atoms with Crippen LogP contribution in [0.25, 0.3) is 0 Å². The molecule has 2 unspecified atom stereocenters. The minimum Gasteiger partial charge on any atom is -0.343 e. The third-order valence-electron chi connectivity index (χ3n) is 7.47. The molecule has 0 saturated heterocycles. The molecule has 0 N–H and O–H groups in total. The topological polar surface area (TPSA) is 18.5 Å². The van der Waals surface area contributed by atoms with Gasteiger partial charge < -0.3 is 9.47 Å². The van der Waals surface area contributed by atoms with Crippen molar-refractivity contribution >= 4 is 0 Å². The summed E-state index contributed by atoms with van der Waals surface area (Å²) < 4.78 is 92.2. The van der Waals surface area contributed by atoms with Crippen LogP contribution in [0.1, 0.15) is 83.8 Å². The van der Waals surface area contributed by atoms with Crippen molar-refractivity contribution in [2.24, 2.45) is 17.8 Å². The summed E-state index contributed by atoms with van der Waals surface area (Å²) >= 11 is 0. The van der Waals surface area contributed by atoms with Gasteiger partial charge in [0.2, 0.25) is 5.79 Å². The van der Waals surface area contributed by atoms with Gasteiger partial charge in [-0.05, 0) is 62.1 Å². The van der Waals surface area contributed by atoms with Crippen LogP contribution in [0.2, 0.25) is 0 Å². The molecule has 1 fully saturated rings. The van der Waals surface area contributed by atoms with Crippen LogP contribution in [0.3, 0.4) is 0 Å². The Bertz CT molecular complexity index is 902. The molecular weight excluding hydrogens is 506 g/mol. The van der Waals surface area contributed by atoms with E-state index in [1.54, 1.807) is 13.8 Å². The molecule has 0 heterocycles. The maximum Gasteiger partial charge on any atom is 0.416 e. The summed E-state index contributed by atoms with van der Waals surface area (Å²) in [4.78, 5) is 0. The van der Waals surface area contributed by atoms with Crippen molar-refractivity contribution in [1.29, 1.82) is 0 Å². The number of ether oxygens (including phenoxy) is 2. The second-order valence-corrected chi connectivity index (χ2v) is 10.5.